The van der Waals surface area contributed by atoms with Gasteiger partial charge in [-0.05, 0) is 174 Å². The van der Waals surface area contributed by atoms with Crippen LogP contribution in [0.4, 0.5) is 0 Å². The molecule has 0 unspecified atom stereocenters. The van der Waals surface area contributed by atoms with Crippen molar-refractivity contribution in [2.75, 3.05) is 58.9 Å². The molecule has 12 aromatic rings. The summed E-state index contributed by atoms with van der Waals surface area (Å²) in [7, 11) is 0. The van der Waals surface area contributed by atoms with Gasteiger partial charge in [-0.2, -0.15) is 97.1 Å². The molecular weight excluding hydrogens is 1640 g/mol. The maximum atomic E-state index is 3.15. The molecule has 0 bridgehead atoms. The largest absolute Gasteiger partial charge is 0.304 e. The van der Waals surface area contributed by atoms with Crippen LogP contribution < -0.4 is 0 Å². The number of hydrogen-bond acceptors (Lipinski definition) is 3. The summed E-state index contributed by atoms with van der Waals surface area (Å²) in [5.41, 5.74) is 27.4. The average Bonchev–Trinajstić information content (AvgIpc) is 1.68. The van der Waals surface area contributed by atoms with E-state index in [1.807, 2.05) is 263 Å². The van der Waals surface area contributed by atoms with E-state index in [2.05, 4.69) is 295 Å². The van der Waals surface area contributed by atoms with Gasteiger partial charge in [-0.3, -0.25) is 0 Å². The Hall–Kier alpha value is -7.27. The summed E-state index contributed by atoms with van der Waals surface area (Å²) in [5, 5.41) is 0. The molecule has 0 N–H and O–H groups in total. The van der Waals surface area contributed by atoms with Crippen molar-refractivity contribution < 1.29 is 65.4 Å². The molecule has 2 radical (unpaired) electrons. The van der Waals surface area contributed by atoms with Crippen molar-refractivity contribution in [2.45, 2.75) is 254 Å². The minimum atomic E-state index is 0. The Morgan fingerprint density at radius 2 is 0.268 bits per heavy atom. The van der Waals surface area contributed by atoms with Crippen LogP contribution in [0, 0.1) is 24.3 Å². The van der Waals surface area contributed by atoms with Crippen LogP contribution in [0.1, 0.15) is 273 Å². The third-order valence-corrected chi connectivity index (χ3v) is 18.3. The van der Waals surface area contributed by atoms with Gasteiger partial charge in [-0.15, -0.1) is 24.3 Å². The van der Waals surface area contributed by atoms with Crippen LogP contribution in [0.3, 0.4) is 0 Å². The first-order valence-electron chi connectivity index (χ1n) is 47.5. The van der Waals surface area contributed by atoms with E-state index in [4.69, 9.17) is 0 Å². The Morgan fingerprint density at radius 3 is 0.358 bits per heavy atom. The molecule has 670 valence electrons. The van der Waals surface area contributed by atoms with Crippen molar-refractivity contribution in [2.24, 2.45) is 0 Å². The normalized spacial score (nSPS) is 9.43. The minimum absolute atomic E-state index is 0. The molecule has 123 heavy (non-hydrogen) atoms. The Kier molecular flexibility index (Phi) is 96.8. The molecule has 3 nitrogen and oxygen atoms in total. The Bertz CT molecular complexity index is 3440. The molecule has 0 saturated heterocycles. The van der Waals surface area contributed by atoms with Crippen LogP contribution >= 0.6 is 0 Å². The van der Waals surface area contributed by atoms with Crippen LogP contribution in [-0.4, -0.2) is 73.6 Å². The maximum absolute atomic E-state index is 3.15. The number of rotatable bonds is 11. The third kappa shape index (κ3) is 50.0. The predicted molar refractivity (Wildman–Crippen MR) is 554 cm³/mol. The molecule has 5 heteroatoms. The van der Waals surface area contributed by atoms with Gasteiger partial charge in [0, 0.05) is 65.4 Å². The van der Waals surface area contributed by atoms with Crippen LogP contribution in [0.2, 0.25) is 0 Å². The van der Waals surface area contributed by atoms with E-state index in [-0.39, 0.29) is 65.4 Å². The fourth-order valence-corrected chi connectivity index (χ4v) is 12.6. The molecule has 0 fully saturated rings. The molecule has 16 rings (SSSR count). The van der Waals surface area contributed by atoms with Crippen molar-refractivity contribution in [3.8, 4) is 66.8 Å². The van der Waals surface area contributed by atoms with E-state index >= 15 is 0 Å². The first-order chi connectivity index (χ1) is 59.8. The molecule has 0 saturated carbocycles. The van der Waals surface area contributed by atoms with Gasteiger partial charge in [0.15, 0.2) is 0 Å². The summed E-state index contributed by atoms with van der Waals surface area (Å²) in [6, 6.07) is 114. The molecule has 0 amide bonds. The third-order valence-electron chi connectivity index (χ3n) is 18.3. The van der Waals surface area contributed by atoms with Gasteiger partial charge < -0.3 is 14.7 Å². The Labute approximate surface area is 812 Å². The van der Waals surface area contributed by atoms with Crippen molar-refractivity contribution in [1.29, 1.82) is 0 Å². The summed E-state index contributed by atoms with van der Waals surface area (Å²) in [4.78, 5) is 7.12. The summed E-state index contributed by atoms with van der Waals surface area (Å²) < 4.78 is 0. The molecule has 4 aliphatic carbocycles. The first kappa shape index (κ1) is 129. The van der Waals surface area contributed by atoms with Crippen LogP contribution in [0.5, 0.6) is 0 Å². The molecule has 0 aliphatic heterocycles. The van der Waals surface area contributed by atoms with Crippen LogP contribution in [0.15, 0.2) is 291 Å². The predicted octanol–water partition coefficient (Wildman–Crippen LogP) is 35.3. The van der Waals surface area contributed by atoms with E-state index in [1.165, 1.54) is 148 Å². The number of hydrogen-bond donors (Lipinski definition) is 0. The second kappa shape index (κ2) is 92.4. The summed E-state index contributed by atoms with van der Waals surface area (Å²) >= 11 is 0. The van der Waals surface area contributed by atoms with E-state index in [0.29, 0.717) is 0 Å². The average molecular weight is 1810 g/mol. The van der Waals surface area contributed by atoms with Crippen molar-refractivity contribution in [3.63, 3.8) is 0 Å². The smallest absolute Gasteiger partial charge is 0 e. The fraction of sp³-hybridized carbons (Fsp3) is 0.390. The molecule has 0 spiro atoms. The number of benzene rings is 12. The molecule has 12 aromatic carbocycles. The Balaban J connectivity index is -0.000000240. The SMILES string of the molecule is CC.CC.CC.CC.CC.CC.CC.CC.CC.CC.CC.CC.CCN(CC)CC.CCN(CC)CC.CCN(CC)CC.[Y].[Y].[c-]1ccccc1-c1[c-]cccc1.[c-]1ccccc1-c1[c-]cccc1.c1ccc2c(c1)Cc1ccccc1-2.c1ccc2c(c1)Cc1ccccc1-2.c1ccc2c(c1)Cc1ccccc1-2.c1ccc2c(c1)Cc1ccccc1-2. The number of fused-ring (bicyclic) bond motifs is 12. The monoisotopic (exact) mass is 1810 g/mol. The van der Waals surface area contributed by atoms with E-state index < -0.39 is 0 Å². The summed E-state index contributed by atoms with van der Waals surface area (Å²) in [6.07, 6.45) is 4.41. The zero-order valence-electron chi connectivity index (χ0n) is 84.4. The first-order valence-corrected chi connectivity index (χ1v) is 47.5. The standard InChI is InChI=1S/4C13H10.2C12H8.3C6H15N.12C2H6.2Y/c4*1-3-7-12-10(5-1)9-11-6-2-4-8-13(11)12;2*1-3-7-11(8-4-1)12-9-5-2-6-10-12;3*1-4-7(5-2)6-3;12*1-2;;/h4*1-8H,9H2;2*1-7,9H;3*4-6H2,1-3H3;12*1-2H3;;/q;;;;2*-2;;;;;;;;;;;;;;;;;. The quantitative estimate of drug-likeness (QED) is 0.120. The van der Waals surface area contributed by atoms with Gasteiger partial charge in [-0.25, -0.2) is 22.3 Å². The van der Waals surface area contributed by atoms with Crippen LogP contribution in [-0.2, 0) is 91.1 Å². The molecule has 0 heterocycles. The fourth-order valence-electron chi connectivity index (χ4n) is 12.6. The van der Waals surface area contributed by atoms with Gasteiger partial charge >= 0.3 is 0 Å². The molecule has 0 atom stereocenters. The van der Waals surface area contributed by atoms with Gasteiger partial charge in [0.1, 0.15) is 0 Å². The molecule has 0 aromatic heterocycles. The second-order valence-corrected chi connectivity index (χ2v) is 23.9. The van der Waals surface area contributed by atoms with Gasteiger partial charge in [0.25, 0.3) is 0 Å². The Morgan fingerprint density at radius 1 is 0.163 bits per heavy atom. The van der Waals surface area contributed by atoms with Gasteiger partial charge in [-0.1, -0.05) is 423 Å². The summed E-state index contributed by atoms with van der Waals surface area (Å²) in [6.45, 7) is 78.4. The summed E-state index contributed by atoms with van der Waals surface area (Å²) in [5.74, 6) is 0. The molecular formula is C118H173N3Y2-4. The molecule has 4 aliphatic rings. The van der Waals surface area contributed by atoms with Crippen molar-refractivity contribution in [1.82, 2.24) is 14.7 Å². The van der Waals surface area contributed by atoms with Crippen LogP contribution in [0.25, 0.3) is 66.8 Å². The van der Waals surface area contributed by atoms with Gasteiger partial charge in [0.2, 0.25) is 0 Å². The topological polar surface area (TPSA) is 9.72 Å². The van der Waals surface area contributed by atoms with Crippen molar-refractivity contribution >= 4 is 0 Å². The van der Waals surface area contributed by atoms with Crippen molar-refractivity contribution in [3.05, 3.63) is 360 Å². The minimum Gasteiger partial charge on any atom is -0.304 e. The second-order valence-electron chi connectivity index (χ2n) is 23.9. The van der Waals surface area contributed by atoms with E-state index in [9.17, 15) is 0 Å². The van der Waals surface area contributed by atoms with Gasteiger partial charge in [0.05, 0.1) is 0 Å². The zero-order chi connectivity index (χ0) is 92.2. The van der Waals surface area contributed by atoms with E-state index in [1.54, 1.807) is 0 Å². The zero-order valence-corrected chi connectivity index (χ0v) is 90.1. The number of nitrogens with zero attached hydrogens (tertiary/aromatic N) is 3. The van der Waals surface area contributed by atoms with E-state index in [0.717, 1.165) is 47.9 Å². The maximum Gasteiger partial charge on any atom is 0 e.